The Morgan fingerprint density at radius 3 is 2.44 bits per heavy atom. The van der Waals surface area contributed by atoms with Gasteiger partial charge in [-0.05, 0) is 45.2 Å². The smallest absolute Gasteiger partial charge is 0.339 e. The lowest BCUT2D eigenvalue weighted by Crippen LogP contribution is -2.62. The number of carbonyl (C=O) groups excluding carboxylic acids is 1. The van der Waals surface area contributed by atoms with Gasteiger partial charge in [0.2, 0.25) is 5.91 Å². The summed E-state index contributed by atoms with van der Waals surface area (Å²) in [5, 5.41) is 8.04. The number of rotatable bonds is 5. The summed E-state index contributed by atoms with van der Waals surface area (Å²) in [6, 6.07) is -3.93. The average molecular weight is 493 g/mol. The van der Waals surface area contributed by atoms with E-state index in [2.05, 4.69) is 38.6 Å². The van der Waals surface area contributed by atoms with Crippen LogP contribution in [-0.4, -0.2) is 72.4 Å². The summed E-state index contributed by atoms with van der Waals surface area (Å²) in [5.74, 6) is -2.79. The molecule has 0 aromatic heterocycles. The van der Waals surface area contributed by atoms with Gasteiger partial charge in [-0.15, -0.1) is 11.8 Å². The predicted octanol–water partition coefficient (Wildman–Crippen LogP) is 1.69. The summed E-state index contributed by atoms with van der Waals surface area (Å²) in [6.45, 7) is 3.39. The number of carbonyl (C=O) groups is 1. The first-order valence-electron chi connectivity index (χ1n) is 10.6. The van der Waals surface area contributed by atoms with Gasteiger partial charge in [0.25, 0.3) is 0 Å². The van der Waals surface area contributed by atoms with Crippen molar-refractivity contribution in [3.63, 3.8) is 0 Å². The fraction of sp³-hybridized carbons (Fsp3) is 0.944. The van der Waals surface area contributed by atoms with Crippen LogP contribution >= 0.6 is 11.8 Å². The van der Waals surface area contributed by atoms with Crippen LogP contribution in [0.3, 0.4) is 0 Å². The molecule has 0 spiro atoms. The predicted molar refractivity (Wildman–Crippen MR) is 108 cm³/mol. The molecular formula is C18H30F6N6OS. The molecule has 186 valence electrons. The largest absolute Gasteiger partial charge is 0.403 e. The molecule has 32 heavy (non-hydrogen) atoms. The molecule has 0 aliphatic carbocycles. The Bertz CT molecular complexity index is 630. The summed E-state index contributed by atoms with van der Waals surface area (Å²) in [7, 11) is 1.97. The van der Waals surface area contributed by atoms with Crippen molar-refractivity contribution in [1.82, 2.24) is 31.7 Å². The highest BCUT2D eigenvalue weighted by atomic mass is 32.2. The molecule has 3 rings (SSSR count). The number of hydrazine groups is 1. The van der Waals surface area contributed by atoms with Gasteiger partial charge in [0.1, 0.15) is 11.5 Å². The van der Waals surface area contributed by atoms with Gasteiger partial charge in [-0.25, -0.2) is 10.9 Å². The van der Waals surface area contributed by atoms with Gasteiger partial charge < -0.3 is 5.32 Å². The van der Waals surface area contributed by atoms with Crippen LogP contribution in [0.25, 0.3) is 0 Å². The molecule has 3 heterocycles. The lowest BCUT2D eigenvalue weighted by atomic mass is 9.86. The van der Waals surface area contributed by atoms with Crippen LogP contribution in [0.2, 0.25) is 0 Å². The van der Waals surface area contributed by atoms with Crippen molar-refractivity contribution in [2.75, 3.05) is 20.3 Å². The van der Waals surface area contributed by atoms with E-state index in [4.69, 9.17) is 0 Å². The van der Waals surface area contributed by atoms with Crippen LogP contribution < -0.4 is 26.8 Å². The summed E-state index contributed by atoms with van der Waals surface area (Å²) in [5.41, 5.74) is 6.30. The molecule has 3 aliphatic heterocycles. The number of thioether (sulfide) groups is 1. The number of hydrogen-bond acceptors (Lipinski definition) is 7. The number of nitrogens with zero attached hydrogens (tertiary/aromatic N) is 1. The van der Waals surface area contributed by atoms with E-state index < -0.39 is 55.3 Å². The summed E-state index contributed by atoms with van der Waals surface area (Å²) >= 11 is 1.73. The topological polar surface area (TPSA) is 80.5 Å². The van der Waals surface area contributed by atoms with Crippen molar-refractivity contribution >= 4 is 17.7 Å². The molecule has 5 N–H and O–H groups in total. The zero-order valence-corrected chi connectivity index (χ0v) is 18.6. The molecule has 3 saturated heterocycles. The Morgan fingerprint density at radius 2 is 1.84 bits per heavy atom. The number of hydrogen-bond donors (Lipinski definition) is 5. The molecule has 6 unspecified atom stereocenters. The van der Waals surface area contributed by atoms with Gasteiger partial charge in [-0.3, -0.25) is 20.3 Å². The highest BCUT2D eigenvalue weighted by Crippen LogP contribution is 2.40. The fourth-order valence-corrected chi connectivity index (χ4v) is 5.69. The highest BCUT2D eigenvalue weighted by Gasteiger charge is 2.53. The first-order valence-corrected chi connectivity index (χ1v) is 11.6. The molecule has 0 aromatic rings. The van der Waals surface area contributed by atoms with Crippen LogP contribution in [0.1, 0.15) is 32.6 Å². The van der Waals surface area contributed by atoms with Gasteiger partial charge >= 0.3 is 12.4 Å². The molecule has 14 heteroatoms. The van der Waals surface area contributed by atoms with Crippen molar-refractivity contribution in [3.05, 3.63) is 0 Å². The second-order valence-electron chi connectivity index (χ2n) is 8.75. The number of alkyl halides is 6. The zero-order valence-electron chi connectivity index (χ0n) is 17.8. The zero-order chi connectivity index (χ0) is 23.7. The molecule has 3 fully saturated rings. The first-order chi connectivity index (χ1) is 14.8. The van der Waals surface area contributed by atoms with Crippen molar-refractivity contribution in [2.45, 2.75) is 74.0 Å². The van der Waals surface area contributed by atoms with Crippen LogP contribution in [0, 0.1) is 11.8 Å². The monoisotopic (exact) mass is 492 g/mol. The molecular weight excluding hydrogens is 462 g/mol. The third kappa shape index (κ3) is 6.63. The standard InChI is InChI=1S/C18H30F6N6OS/c1-9(32-16-29-26-8-30(16)2)10-3-4-25-14(5-10)28-15(31)12-6-11(17(19,20)21)7-13(27-12)18(22,23)24/h9-14,16,25-27,29H,3-8H2,1-2H3,(H,28,31)/t9-,10?,11?,12?,13?,14?,16?/m0/s1. The molecule has 0 bridgehead atoms. The van der Waals surface area contributed by atoms with Crippen LogP contribution in [0.5, 0.6) is 0 Å². The number of piperidine rings is 2. The lowest BCUT2D eigenvalue weighted by molar-refractivity contribution is -0.212. The van der Waals surface area contributed by atoms with E-state index in [-0.39, 0.29) is 16.7 Å². The molecule has 0 saturated carbocycles. The van der Waals surface area contributed by atoms with Crippen molar-refractivity contribution in [2.24, 2.45) is 11.8 Å². The average Bonchev–Trinajstić information content (AvgIpc) is 3.11. The minimum absolute atomic E-state index is 0.0953. The third-order valence-electron chi connectivity index (χ3n) is 6.34. The van der Waals surface area contributed by atoms with Crippen molar-refractivity contribution < 1.29 is 31.1 Å². The number of halogens is 6. The van der Waals surface area contributed by atoms with E-state index in [0.29, 0.717) is 19.6 Å². The molecule has 7 nitrogen and oxygen atoms in total. The van der Waals surface area contributed by atoms with E-state index in [1.54, 1.807) is 11.8 Å². The third-order valence-corrected chi connectivity index (χ3v) is 7.89. The molecule has 7 atom stereocenters. The van der Waals surface area contributed by atoms with E-state index in [1.807, 2.05) is 7.05 Å². The molecule has 3 aliphatic rings. The normalized spacial score (nSPS) is 36.1. The van der Waals surface area contributed by atoms with Crippen LogP contribution in [0.4, 0.5) is 26.3 Å². The quantitative estimate of drug-likeness (QED) is 0.374. The van der Waals surface area contributed by atoms with Gasteiger partial charge in [0, 0.05) is 5.25 Å². The van der Waals surface area contributed by atoms with Crippen LogP contribution in [0.15, 0.2) is 0 Å². The maximum Gasteiger partial charge on any atom is 0.403 e. The summed E-state index contributed by atoms with van der Waals surface area (Å²) in [4.78, 5) is 14.7. The molecule has 1 amide bonds. The van der Waals surface area contributed by atoms with E-state index in [0.717, 1.165) is 6.42 Å². The van der Waals surface area contributed by atoms with E-state index >= 15 is 0 Å². The summed E-state index contributed by atoms with van der Waals surface area (Å²) < 4.78 is 79.0. The van der Waals surface area contributed by atoms with E-state index in [1.165, 1.54) is 0 Å². The van der Waals surface area contributed by atoms with Crippen molar-refractivity contribution in [1.29, 1.82) is 0 Å². The van der Waals surface area contributed by atoms with Gasteiger partial charge in [0.15, 0.2) is 0 Å². The second kappa shape index (κ2) is 10.2. The Kier molecular flexibility index (Phi) is 8.24. The second-order valence-corrected chi connectivity index (χ2v) is 10.2. The van der Waals surface area contributed by atoms with Crippen molar-refractivity contribution in [3.8, 4) is 0 Å². The lowest BCUT2D eigenvalue weighted by Gasteiger charge is -2.39. The molecule has 0 aromatic carbocycles. The Labute approximate surface area is 187 Å². The van der Waals surface area contributed by atoms with Gasteiger partial charge in [-0.2, -0.15) is 26.3 Å². The maximum atomic E-state index is 13.2. The minimum atomic E-state index is -4.86. The van der Waals surface area contributed by atoms with Crippen LogP contribution in [-0.2, 0) is 4.79 Å². The minimum Gasteiger partial charge on any atom is -0.339 e. The van der Waals surface area contributed by atoms with Gasteiger partial charge in [0.05, 0.1) is 24.8 Å². The maximum absolute atomic E-state index is 13.2. The van der Waals surface area contributed by atoms with Gasteiger partial charge in [-0.1, -0.05) is 6.92 Å². The highest BCUT2D eigenvalue weighted by molar-refractivity contribution is 8.00. The Morgan fingerprint density at radius 1 is 1.12 bits per heavy atom. The number of amides is 1. The summed E-state index contributed by atoms with van der Waals surface area (Å²) in [6.07, 6.45) is -10.6. The number of nitrogens with one attached hydrogen (secondary N) is 5. The Hall–Kier alpha value is -0.800. The fourth-order valence-electron chi connectivity index (χ4n) is 4.38. The SMILES string of the molecule is C[C@H](SC1NNCN1C)C1CCNC(NC(=O)C2CC(C(F)(F)F)CC(C(F)(F)F)N2)C1. The Balaban J connectivity index is 1.57. The molecule has 0 radical (unpaired) electrons. The first kappa shape index (κ1) is 25.8. The van der Waals surface area contributed by atoms with E-state index in [9.17, 15) is 31.1 Å².